The molecule has 282 valence electrons. The van der Waals surface area contributed by atoms with E-state index < -0.39 is 0 Å². The second-order valence-corrected chi connectivity index (χ2v) is 16.6. The van der Waals surface area contributed by atoms with Gasteiger partial charge in [-0.05, 0) is 87.8 Å². The van der Waals surface area contributed by atoms with Crippen LogP contribution in [0.1, 0.15) is 63.9 Å². The number of piperidine rings is 2. The molecule has 2 amide bonds. The molecule has 15 heteroatoms. The summed E-state index contributed by atoms with van der Waals surface area (Å²) >= 11 is 1.63. The Kier molecular flexibility index (Phi) is 9.18. The number of aromatic nitrogens is 6. The van der Waals surface area contributed by atoms with Gasteiger partial charge in [0.2, 0.25) is 22.6 Å². The lowest BCUT2D eigenvalue weighted by molar-refractivity contribution is -0.134. The van der Waals surface area contributed by atoms with E-state index in [4.69, 9.17) is 21.6 Å². The zero-order chi connectivity index (χ0) is 37.7. The summed E-state index contributed by atoms with van der Waals surface area (Å²) in [6.07, 6.45) is 10.9. The molecular weight excluding hydrogens is 713 g/mol. The zero-order valence-electron chi connectivity index (χ0n) is 31.1. The van der Waals surface area contributed by atoms with Crippen LogP contribution in [0.4, 0.5) is 22.3 Å². The van der Waals surface area contributed by atoms with Gasteiger partial charge in [-0.3, -0.25) is 24.8 Å². The Balaban J connectivity index is 0.828. The van der Waals surface area contributed by atoms with E-state index in [1.54, 1.807) is 17.5 Å². The standard InChI is InChI=1S/C40H44N12O2S/c1-25(2)45-32-19-33(34-7-5-29-18-28(41-3)21-44-52(29)34)42-22-31(32)38-47-48-39(55-38)50-16-17-51(40(24-50)12-13-40)23-26-10-14-49(15-11-26)35-8-4-27(20-43-35)30-6-9-36(53)46-37(30)54/h4-5,7-8,18-22,25-26,30H,6,9-17,23-24H2,1-2H3,(H,42,45)(H,46,53,54). The molecule has 9 rings (SSSR count). The molecule has 55 heavy (non-hydrogen) atoms. The van der Waals surface area contributed by atoms with Gasteiger partial charge in [-0.25, -0.2) is 14.3 Å². The molecule has 4 aliphatic rings. The maximum absolute atomic E-state index is 12.3. The number of rotatable bonds is 9. The fourth-order valence-electron chi connectivity index (χ4n) is 8.43. The van der Waals surface area contributed by atoms with Crippen LogP contribution in [-0.4, -0.2) is 97.3 Å². The van der Waals surface area contributed by atoms with Crippen molar-refractivity contribution in [3.05, 3.63) is 72.0 Å². The first-order valence-electron chi connectivity index (χ1n) is 19.3. The Morgan fingerprint density at radius 1 is 0.982 bits per heavy atom. The second-order valence-electron chi connectivity index (χ2n) is 15.7. The topological polar surface area (TPSA) is 141 Å². The molecule has 8 heterocycles. The van der Waals surface area contributed by atoms with E-state index in [1.165, 1.54) is 12.8 Å². The molecule has 1 aliphatic carbocycles. The average molecular weight is 757 g/mol. The van der Waals surface area contributed by atoms with E-state index in [0.717, 1.165) is 102 Å². The summed E-state index contributed by atoms with van der Waals surface area (Å²) in [5.41, 5.74) is 5.97. The number of nitrogens with zero attached hydrogens (tertiary/aromatic N) is 10. The van der Waals surface area contributed by atoms with Crippen LogP contribution in [0.25, 0.3) is 32.3 Å². The van der Waals surface area contributed by atoms with Crippen LogP contribution in [0.5, 0.6) is 0 Å². The lowest BCUT2D eigenvalue weighted by Crippen LogP contribution is -2.56. The van der Waals surface area contributed by atoms with E-state index in [9.17, 15) is 9.59 Å². The predicted molar refractivity (Wildman–Crippen MR) is 212 cm³/mol. The van der Waals surface area contributed by atoms with Gasteiger partial charge in [-0.15, -0.1) is 10.2 Å². The summed E-state index contributed by atoms with van der Waals surface area (Å²) in [6, 6.07) is 12.1. The van der Waals surface area contributed by atoms with E-state index in [-0.39, 0.29) is 29.3 Å². The van der Waals surface area contributed by atoms with E-state index in [0.29, 0.717) is 24.4 Å². The van der Waals surface area contributed by atoms with Gasteiger partial charge in [0.25, 0.3) is 0 Å². The van der Waals surface area contributed by atoms with Crippen molar-refractivity contribution >= 4 is 51.0 Å². The number of hydrogen-bond acceptors (Lipinski definition) is 12. The van der Waals surface area contributed by atoms with Crippen LogP contribution in [0, 0.1) is 12.5 Å². The first-order chi connectivity index (χ1) is 26.7. The molecule has 3 saturated heterocycles. The molecule has 4 fully saturated rings. The molecule has 14 nitrogen and oxygen atoms in total. The highest BCUT2D eigenvalue weighted by Gasteiger charge is 2.52. The summed E-state index contributed by atoms with van der Waals surface area (Å²) in [6.45, 7) is 17.6. The van der Waals surface area contributed by atoms with Gasteiger partial charge in [0.1, 0.15) is 5.82 Å². The van der Waals surface area contributed by atoms with Crippen molar-refractivity contribution in [2.24, 2.45) is 5.92 Å². The maximum atomic E-state index is 12.3. The van der Waals surface area contributed by atoms with Crippen molar-refractivity contribution < 1.29 is 9.59 Å². The third-order valence-corrected chi connectivity index (χ3v) is 12.6. The van der Waals surface area contributed by atoms with Crippen LogP contribution in [0.2, 0.25) is 0 Å². The van der Waals surface area contributed by atoms with Crippen molar-refractivity contribution in [3.8, 4) is 22.0 Å². The summed E-state index contributed by atoms with van der Waals surface area (Å²) in [7, 11) is 0. The summed E-state index contributed by atoms with van der Waals surface area (Å²) in [4.78, 5) is 44.5. The number of carbonyl (C=O) groups is 2. The second kappa shape index (κ2) is 14.3. The molecule has 5 aromatic heterocycles. The highest BCUT2D eigenvalue weighted by Crippen LogP contribution is 2.47. The minimum absolute atomic E-state index is 0.195. The van der Waals surface area contributed by atoms with Gasteiger partial charge in [-0.2, -0.15) is 5.10 Å². The largest absolute Gasteiger partial charge is 0.382 e. The number of pyridine rings is 2. The van der Waals surface area contributed by atoms with Crippen molar-refractivity contribution in [2.75, 3.05) is 54.4 Å². The monoisotopic (exact) mass is 756 g/mol. The minimum Gasteiger partial charge on any atom is -0.382 e. The number of carbonyl (C=O) groups excluding carboxylic acids is 2. The van der Waals surface area contributed by atoms with Crippen molar-refractivity contribution in [3.63, 3.8) is 0 Å². The first-order valence-corrected chi connectivity index (χ1v) is 20.1. The molecule has 0 bridgehead atoms. The highest BCUT2D eigenvalue weighted by atomic mass is 32.1. The average Bonchev–Trinajstić information content (AvgIpc) is 3.56. The number of anilines is 3. The van der Waals surface area contributed by atoms with Gasteiger partial charge in [-0.1, -0.05) is 17.4 Å². The van der Waals surface area contributed by atoms with Crippen LogP contribution in [0.15, 0.2) is 55.0 Å². The summed E-state index contributed by atoms with van der Waals surface area (Å²) < 4.78 is 1.82. The lowest BCUT2D eigenvalue weighted by Gasteiger charge is -2.44. The van der Waals surface area contributed by atoms with Crippen LogP contribution < -0.4 is 20.4 Å². The van der Waals surface area contributed by atoms with Crippen molar-refractivity contribution in [1.82, 2.24) is 40.0 Å². The molecule has 2 N–H and O–H groups in total. The smallest absolute Gasteiger partial charge is 0.234 e. The predicted octanol–water partition coefficient (Wildman–Crippen LogP) is 5.77. The van der Waals surface area contributed by atoms with Crippen LogP contribution in [0.3, 0.4) is 0 Å². The van der Waals surface area contributed by atoms with Crippen LogP contribution in [-0.2, 0) is 9.59 Å². The Morgan fingerprint density at radius 2 is 1.84 bits per heavy atom. The van der Waals surface area contributed by atoms with E-state index in [1.807, 2.05) is 47.2 Å². The number of piperazine rings is 1. The molecule has 0 radical (unpaired) electrons. The van der Waals surface area contributed by atoms with Gasteiger partial charge < -0.3 is 15.1 Å². The Labute approximate surface area is 323 Å². The normalized spacial score (nSPS) is 20.3. The molecule has 3 aliphatic heterocycles. The Morgan fingerprint density at radius 3 is 2.58 bits per heavy atom. The molecule has 0 aromatic carbocycles. The Hall–Kier alpha value is -5.46. The Bertz CT molecular complexity index is 2280. The lowest BCUT2D eigenvalue weighted by atomic mass is 9.91. The van der Waals surface area contributed by atoms with Gasteiger partial charge in [0.05, 0.1) is 41.2 Å². The fourth-order valence-corrected chi connectivity index (χ4v) is 9.32. The van der Waals surface area contributed by atoms with Gasteiger partial charge in [0.15, 0.2) is 5.01 Å². The molecule has 5 aromatic rings. The quantitative estimate of drug-likeness (QED) is 0.140. The minimum atomic E-state index is -0.304. The first kappa shape index (κ1) is 35.3. The maximum Gasteiger partial charge on any atom is 0.234 e. The summed E-state index contributed by atoms with van der Waals surface area (Å²) in [5.74, 6) is 0.888. The molecular formula is C40H44N12O2S. The number of hydrogen-bond donors (Lipinski definition) is 2. The zero-order valence-corrected chi connectivity index (χ0v) is 31.9. The third-order valence-electron chi connectivity index (χ3n) is 11.6. The molecule has 1 atom stereocenters. The van der Waals surface area contributed by atoms with Crippen molar-refractivity contribution in [1.29, 1.82) is 0 Å². The molecule has 1 spiro atoms. The highest BCUT2D eigenvalue weighted by molar-refractivity contribution is 7.18. The van der Waals surface area contributed by atoms with Gasteiger partial charge >= 0.3 is 0 Å². The van der Waals surface area contributed by atoms with E-state index >= 15 is 0 Å². The number of imide groups is 1. The van der Waals surface area contributed by atoms with Crippen molar-refractivity contribution in [2.45, 2.75) is 69.9 Å². The molecule has 1 saturated carbocycles. The number of nitrogens with one attached hydrogen (secondary N) is 2. The fraction of sp³-hybridized carbons (Fsp3) is 0.450. The molecule has 1 unspecified atom stereocenters. The van der Waals surface area contributed by atoms with E-state index in [2.05, 4.69) is 60.3 Å². The third kappa shape index (κ3) is 7.00. The van der Waals surface area contributed by atoms with Gasteiger partial charge in [0, 0.05) is 75.4 Å². The number of amides is 2. The SMILES string of the molecule is [C-]#[N+]c1cnn2c(-c3cc(NC(C)C)c(-c4nnc(N5CCN(CC6CCN(c7ccc(C8CCC(=O)NC8=O)cn7)CC6)C6(CC6)C5)s4)cn3)ccc2c1. The number of fused-ring (bicyclic) bond motifs is 1. The van der Waals surface area contributed by atoms with Crippen LogP contribution >= 0.6 is 11.3 Å². The summed E-state index contributed by atoms with van der Waals surface area (Å²) in [5, 5.41) is 21.8.